The fourth-order valence-electron chi connectivity index (χ4n) is 3.58. The first-order chi connectivity index (χ1) is 13.9. The number of anilines is 2. The fraction of sp³-hybridized carbons (Fsp3) is 0.600. The van der Waals surface area contributed by atoms with Crippen molar-refractivity contribution in [1.82, 2.24) is 19.9 Å². The van der Waals surface area contributed by atoms with Gasteiger partial charge in [0.1, 0.15) is 12.4 Å². The molecule has 2 fully saturated rings. The molecule has 29 heavy (non-hydrogen) atoms. The van der Waals surface area contributed by atoms with Gasteiger partial charge in [-0.15, -0.1) is 0 Å². The Kier molecular flexibility index (Phi) is 5.56. The number of nitrogens with one attached hydrogen (secondary N) is 2. The lowest BCUT2D eigenvalue weighted by molar-refractivity contribution is -0.0361. The summed E-state index contributed by atoms with van der Waals surface area (Å²) in [6, 6.07) is 5.12. The third kappa shape index (κ3) is 5.13. The topological polar surface area (TPSA) is 75.6 Å². The molecule has 4 rings (SSSR count). The average Bonchev–Trinajstić information content (AvgIpc) is 3.55. The molecule has 1 atom stereocenters. The van der Waals surface area contributed by atoms with Crippen molar-refractivity contribution in [2.75, 3.05) is 10.6 Å². The lowest BCUT2D eigenvalue weighted by atomic mass is 9.92. The standard InChI is InChI=1S/C20H25F3N6/c1-12(13-5-6-13)24-18-27-17(16-4-2-3-15(11-21)25-16)28-19(29-18)26-14-7-9-20(22,23)10-8-14/h2-4,12-14H,5-11H2,1H3,(H2,24,26,27,28,29)/t12-/m1/s1. The van der Waals surface area contributed by atoms with Crippen molar-refractivity contribution >= 4 is 11.9 Å². The Bertz CT molecular complexity index is 848. The Hall–Kier alpha value is -2.45. The molecule has 2 aromatic rings. The summed E-state index contributed by atoms with van der Waals surface area (Å²) in [7, 11) is 0. The highest BCUT2D eigenvalue weighted by Gasteiger charge is 2.35. The van der Waals surface area contributed by atoms with Gasteiger partial charge in [-0.05, 0) is 50.7 Å². The maximum atomic E-state index is 13.4. The molecule has 0 radical (unpaired) electrons. The van der Waals surface area contributed by atoms with Crippen LogP contribution in [0.15, 0.2) is 18.2 Å². The van der Waals surface area contributed by atoms with Gasteiger partial charge < -0.3 is 10.6 Å². The molecular weight excluding hydrogens is 381 g/mol. The van der Waals surface area contributed by atoms with Crippen molar-refractivity contribution in [1.29, 1.82) is 0 Å². The van der Waals surface area contributed by atoms with E-state index in [-0.39, 0.29) is 24.9 Å². The number of alkyl halides is 3. The third-order valence-corrected chi connectivity index (χ3v) is 5.54. The number of rotatable bonds is 7. The summed E-state index contributed by atoms with van der Waals surface area (Å²) < 4.78 is 39.9. The summed E-state index contributed by atoms with van der Waals surface area (Å²) in [4.78, 5) is 17.6. The van der Waals surface area contributed by atoms with E-state index < -0.39 is 12.6 Å². The highest BCUT2D eigenvalue weighted by molar-refractivity contribution is 5.54. The van der Waals surface area contributed by atoms with Crippen molar-refractivity contribution in [3.8, 4) is 11.5 Å². The molecule has 6 nitrogen and oxygen atoms in total. The van der Waals surface area contributed by atoms with Gasteiger partial charge in [-0.3, -0.25) is 0 Å². The summed E-state index contributed by atoms with van der Waals surface area (Å²) in [6.45, 7) is 1.41. The monoisotopic (exact) mass is 406 g/mol. The van der Waals surface area contributed by atoms with Crippen molar-refractivity contribution in [2.24, 2.45) is 5.92 Å². The molecule has 0 aliphatic heterocycles. The second kappa shape index (κ2) is 8.12. The van der Waals surface area contributed by atoms with E-state index in [9.17, 15) is 13.2 Å². The first kappa shape index (κ1) is 19.8. The van der Waals surface area contributed by atoms with E-state index in [0.717, 1.165) is 0 Å². The minimum Gasteiger partial charge on any atom is -0.351 e. The molecule has 0 aromatic carbocycles. The molecule has 0 spiro atoms. The smallest absolute Gasteiger partial charge is 0.248 e. The predicted octanol–water partition coefficient (Wildman–Crippen LogP) is 4.60. The van der Waals surface area contributed by atoms with Crippen LogP contribution in [-0.4, -0.2) is 37.9 Å². The first-order valence-corrected chi connectivity index (χ1v) is 10.1. The molecule has 2 aliphatic carbocycles. The van der Waals surface area contributed by atoms with E-state index in [1.165, 1.54) is 12.8 Å². The van der Waals surface area contributed by atoms with Crippen LogP contribution in [-0.2, 0) is 6.67 Å². The molecule has 9 heteroatoms. The third-order valence-electron chi connectivity index (χ3n) is 5.54. The molecule has 156 valence electrons. The molecule has 0 saturated heterocycles. The summed E-state index contributed by atoms with van der Waals surface area (Å²) in [5, 5.41) is 6.49. The predicted molar refractivity (Wildman–Crippen MR) is 105 cm³/mol. The van der Waals surface area contributed by atoms with Crippen LogP contribution >= 0.6 is 0 Å². The van der Waals surface area contributed by atoms with Gasteiger partial charge in [0, 0.05) is 24.9 Å². The second-order valence-corrected chi connectivity index (χ2v) is 8.00. The van der Waals surface area contributed by atoms with Crippen LogP contribution in [0.3, 0.4) is 0 Å². The van der Waals surface area contributed by atoms with Crippen molar-refractivity contribution < 1.29 is 13.2 Å². The van der Waals surface area contributed by atoms with Crippen LogP contribution in [0.1, 0.15) is 51.1 Å². The van der Waals surface area contributed by atoms with Gasteiger partial charge in [0.25, 0.3) is 0 Å². The van der Waals surface area contributed by atoms with E-state index in [2.05, 4.69) is 37.5 Å². The van der Waals surface area contributed by atoms with E-state index in [0.29, 0.717) is 47.9 Å². The molecule has 2 aliphatic rings. The van der Waals surface area contributed by atoms with Gasteiger partial charge in [0.2, 0.25) is 17.8 Å². The lowest BCUT2D eigenvalue weighted by Crippen LogP contribution is -2.32. The normalized spacial score (nSPS) is 20.3. The Labute approximate surface area is 167 Å². The van der Waals surface area contributed by atoms with Crippen LogP contribution in [0.25, 0.3) is 11.5 Å². The first-order valence-electron chi connectivity index (χ1n) is 10.1. The number of hydrogen-bond donors (Lipinski definition) is 2. The Balaban J connectivity index is 1.58. The van der Waals surface area contributed by atoms with Crippen molar-refractivity contribution in [3.05, 3.63) is 23.9 Å². The summed E-state index contributed by atoms with van der Waals surface area (Å²) in [5.74, 6) is -0.941. The molecule has 2 aromatic heterocycles. The Morgan fingerprint density at radius 2 is 1.76 bits per heavy atom. The minimum absolute atomic E-state index is 0.122. The van der Waals surface area contributed by atoms with E-state index in [1.807, 2.05) is 0 Å². The zero-order valence-electron chi connectivity index (χ0n) is 16.3. The van der Waals surface area contributed by atoms with Crippen LogP contribution in [0.5, 0.6) is 0 Å². The average molecular weight is 406 g/mol. The van der Waals surface area contributed by atoms with Gasteiger partial charge >= 0.3 is 0 Å². The van der Waals surface area contributed by atoms with Gasteiger partial charge in [0.05, 0.1) is 5.69 Å². The quantitative estimate of drug-likeness (QED) is 0.700. The SMILES string of the molecule is C[C@@H](Nc1nc(NC2CCC(F)(F)CC2)nc(-c2cccc(CF)n2)n1)C1CC1. The van der Waals surface area contributed by atoms with Crippen LogP contribution in [0.2, 0.25) is 0 Å². The Morgan fingerprint density at radius 1 is 1.03 bits per heavy atom. The second-order valence-electron chi connectivity index (χ2n) is 8.00. The molecule has 2 heterocycles. The highest BCUT2D eigenvalue weighted by Crippen LogP contribution is 2.35. The van der Waals surface area contributed by atoms with Crippen molar-refractivity contribution in [3.63, 3.8) is 0 Å². The number of hydrogen-bond acceptors (Lipinski definition) is 6. The summed E-state index contributed by atoms with van der Waals surface area (Å²) >= 11 is 0. The molecule has 0 bridgehead atoms. The van der Waals surface area contributed by atoms with Crippen LogP contribution in [0, 0.1) is 5.92 Å². The maximum Gasteiger partial charge on any atom is 0.248 e. The van der Waals surface area contributed by atoms with E-state index >= 15 is 0 Å². The number of nitrogens with zero attached hydrogens (tertiary/aromatic N) is 4. The van der Waals surface area contributed by atoms with Crippen molar-refractivity contribution in [2.45, 2.75) is 70.1 Å². The lowest BCUT2D eigenvalue weighted by Gasteiger charge is -2.28. The molecule has 0 amide bonds. The fourth-order valence-corrected chi connectivity index (χ4v) is 3.58. The number of aromatic nitrogens is 4. The maximum absolute atomic E-state index is 13.4. The molecular formula is C20H25F3N6. The summed E-state index contributed by atoms with van der Waals surface area (Å²) in [5.41, 5.74) is 0.746. The highest BCUT2D eigenvalue weighted by atomic mass is 19.3. The molecule has 2 N–H and O–H groups in total. The minimum atomic E-state index is -2.59. The largest absolute Gasteiger partial charge is 0.351 e. The van der Waals surface area contributed by atoms with Gasteiger partial charge in [-0.25, -0.2) is 18.2 Å². The van der Waals surface area contributed by atoms with Crippen LogP contribution in [0.4, 0.5) is 25.1 Å². The molecule has 0 unspecified atom stereocenters. The van der Waals surface area contributed by atoms with Gasteiger partial charge in [-0.1, -0.05) is 6.07 Å². The molecule has 2 saturated carbocycles. The Morgan fingerprint density at radius 3 is 2.45 bits per heavy atom. The zero-order chi connectivity index (χ0) is 20.4. The van der Waals surface area contributed by atoms with Gasteiger partial charge in [-0.2, -0.15) is 15.0 Å². The number of pyridine rings is 1. The number of halogens is 3. The van der Waals surface area contributed by atoms with Crippen LogP contribution < -0.4 is 10.6 Å². The van der Waals surface area contributed by atoms with E-state index in [1.54, 1.807) is 18.2 Å². The van der Waals surface area contributed by atoms with E-state index in [4.69, 9.17) is 0 Å². The van der Waals surface area contributed by atoms with Gasteiger partial charge in [0.15, 0.2) is 5.82 Å². The summed E-state index contributed by atoms with van der Waals surface area (Å²) in [6.07, 6.45) is 2.76. The zero-order valence-corrected chi connectivity index (χ0v) is 16.3.